The Labute approximate surface area is 163 Å². The lowest BCUT2D eigenvalue weighted by Gasteiger charge is -2.11. The number of aromatic nitrogens is 2. The van der Waals surface area contributed by atoms with Crippen molar-refractivity contribution in [3.05, 3.63) is 59.4 Å². The Morgan fingerprint density at radius 3 is 2.00 bits per heavy atom. The van der Waals surface area contributed by atoms with E-state index >= 15 is 0 Å². The summed E-state index contributed by atoms with van der Waals surface area (Å²) in [5, 5.41) is 8.33. The number of anilines is 2. The molecule has 144 valence electrons. The normalized spacial score (nSPS) is 10.8. The number of hydrogen-bond donors (Lipinski definition) is 3. The Hall–Kier alpha value is -3.48. The number of rotatable bonds is 4. The number of nitrogens with one attached hydrogen (secondary N) is 3. The Balaban J connectivity index is 1.70. The Kier molecular flexibility index (Phi) is 5.54. The average molecular weight is 377 g/mol. The molecule has 3 rings (SSSR count). The predicted octanol–water partition coefficient (Wildman–Crippen LogP) is 4.03. The molecule has 1 aromatic heterocycles. The minimum absolute atomic E-state index is 0.0536. The summed E-state index contributed by atoms with van der Waals surface area (Å²) in [7, 11) is 0. The van der Waals surface area contributed by atoms with Gasteiger partial charge in [0.1, 0.15) is 0 Å². The fourth-order valence-electron chi connectivity index (χ4n) is 2.64. The molecule has 2 aromatic carbocycles. The monoisotopic (exact) mass is 377 g/mol. The van der Waals surface area contributed by atoms with Gasteiger partial charge in [0.25, 0.3) is 5.91 Å². The van der Waals surface area contributed by atoms with Crippen LogP contribution in [0.4, 0.5) is 16.2 Å². The van der Waals surface area contributed by atoms with E-state index in [0.717, 1.165) is 16.9 Å². The first-order valence-corrected chi connectivity index (χ1v) is 9.06. The van der Waals surface area contributed by atoms with E-state index in [0.29, 0.717) is 22.5 Å². The third-order valence-corrected chi connectivity index (χ3v) is 4.16. The van der Waals surface area contributed by atoms with E-state index < -0.39 is 0 Å². The van der Waals surface area contributed by atoms with Crippen molar-refractivity contribution in [3.8, 4) is 0 Å². The molecule has 28 heavy (non-hydrogen) atoms. The number of amides is 3. The molecule has 0 saturated carbocycles. The second kappa shape index (κ2) is 8.04. The number of aryl methyl sites for hydroxylation is 2. The van der Waals surface area contributed by atoms with Crippen LogP contribution >= 0.6 is 0 Å². The maximum atomic E-state index is 12.6. The summed E-state index contributed by atoms with van der Waals surface area (Å²) in [4.78, 5) is 33.2. The van der Waals surface area contributed by atoms with Crippen molar-refractivity contribution in [1.29, 1.82) is 0 Å². The minimum Gasteiger partial charge on any atom is -0.336 e. The quantitative estimate of drug-likeness (QED) is 0.640. The highest BCUT2D eigenvalue weighted by Gasteiger charge is 2.10. The summed E-state index contributed by atoms with van der Waals surface area (Å²) >= 11 is 0. The van der Waals surface area contributed by atoms with Gasteiger partial charge in [0.2, 0.25) is 0 Å². The average Bonchev–Trinajstić information content (AvgIpc) is 2.63. The van der Waals surface area contributed by atoms with Crippen molar-refractivity contribution in [2.24, 2.45) is 0 Å². The van der Waals surface area contributed by atoms with Crippen molar-refractivity contribution < 1.29 is 9.59 Å². The lowest BCUT2D eigenvalue weighted by Crippen LogP contribution is -2.34. The van der Waals surface area contributed by atoms with Crippen LogP contribution in [0, 0.1) is 13.8 Å². The van der Waals surface area contributed by atoms with Gasteiger partial charge in [-0.1, -0.05) is 0 Å². The van der Waals surface area contributed by atoms with Crippen molar-refractivity contribution in [1.82, 2.24) is 15.3 Å². The first kappa shape index (κ1) is 19.3. The maximum Gasteiger partial charge on any atom is 0.319 e. The third-order valence-electron chi connectivity index (χ3n) is 4.16. The summed E-state index contributed by atoms with van der Waals surface area (Å²) in [5.41, 5.74) is 4.94. The highest BCUT2D eigenvalue weighted by atomic mass is 16.2. The second-order valence-electron chi connectivity index (χ2n) is 6.88. The van der Waals surface area contributed by atoms with E-state index in [2.05, 4.69) is 25.9 Å². The number of carbonyl (C=O) groups is 2. The van der Waals surface area contributed by atoms with Gasteiger partial charge >= 0.3 is 6.03 Å². The predicted molar refractivity (Wildman–Crippen MR) is 111 cm³/mol. The molecule has 7 heteroatoms. The molecule has 0 unspecified atom stereocenters. The van der Waals surface area contributed by atoms with Gasteiger partial charge in [-0.3, -0.25) is 4.79 Å². The molecule has 7 nitrogen and oxygen atoms in total. The van der Waals surface area contributed by atoms with E-state index in [-0.39, 0.29) is 18.0 Å². The lowest BCUT2D eigenvalue weighted by atomic mass is 10.1. The van der Waals surface area contributed by atoms with Gasteiger partial charge in [-0.05, 0) is 70.2 Å². The highest BCUT2D eigenvalue weighted by Crippen LogP contribution is 2.17. The summed E-state index contributed by atoms with van der Waals surface area (Å²) in [6, 6.07) is 12.0. The number of nitrogens with zero attached hydrogens (tertiary/aromatic N) is 2. The van der Waals surface area contributed by atoms with Crippen LogP contribution in [-0.4, -0.2) is 27.9 Å². The highest BCUT2D eigenvalue weighted by molar-refractivity contribution is 6.06. The van der Waals surface area contributed by atoms with Crippen molar-refractivity contribution in [2.45, 2.75) is 33.7 Å². The molecule has 0 saturated heterocycles. The molecule has 0 radical (unpaired) electrons. The molecule has 0 aliphatic heterocycles. The first-order chi connectivity index (χ1) is 13.3. The standard InChI is InChI=1S/C21H23N5O2/c1-12(2)22-21(28)26-17-8-6-16(7-9-17)25-20(27)15-5-10-18-19(11-15)24-14(4)13(3)23-18/h5-12H,1-4H3,(H,25,27)(H2,22,26,28). The van der Waals surface area contributed by atoms with Gasteiger partial charge in [-0.15, -0.1) is 0 Å². The number of fused-ring (bicyclic) bond motifs is 1. The lowest BCUT2D eigenvalue weighted by molar-refractivity contribution is 0.102. The number of urea groups is 1. The Morgan fingerprint density at radius 2 is 1.39 bits per heavy atom. The van der Waals surface area contributed by atoms with Crippen LogP contribution in [0.25, 0.3) is 11.0 Å². The van der Waals surface area contributed by atoms with Crippen molar-refractivity contribution in [2.75, 3.05) is 10.6 Å². The zero-order valence-electron chi connectivity index (χ0n) is 16.3. The van der Waals surface area contributed by atoms with Crippen molar-refractivity contribution >= 4 is 34.3 Å². The number of hydrogen-bond acceptors (Lipinski definition) is 4. The van der Waals surface area contributed by atoms with Crippen LogP contribution < -0.4 is 16.0 Å². The Morgan fingerprint density at radius 1 is 0.821 bits per heavy atom. The fraction of sp³-hybridized carbons (Fsp3) is 0.238. The van der Waals surface area contributed by atoms with Gasteiger partial charge in [-0.25, -0.2) is 14.8 Å². The van der Waals surface area contributed by atoms with Crippen LogP contribution in [0.1, 0.15) is 35.6 Å². The maximum absolute atomic E-state index is 12.6. The van der Waals surface area contributed by atoms with Crippen LogP contribution in [-0.2, 0) is 0 Å². The van der Waals surface area contributed by atoms with Crippen molar-refractivity contribution in [3.63, 3.8) is 0 Å². The Bertz CT molecular complexity index is 1030. The fourth-order valence-corrected chi connectivity index (χ4v) is 2.64. The number of benzene rings is 2. The van der Waals surface area contributed by atoms with Gasteiger partial charge in [-0.2, -0.15) is 0 Å². The molecule has 0 fully saturated rings. The van der Waals surface area contributed by atoms with E-state index in [1.807, 2.05) is 27.7 Å². The smallest absolute Gasteiger partial charge is 0.319 e. The molecule has 0 aliphatic carbocycles. The topological polar surface area (TPSA) is 96.0 Å². The molecule has 1 heterocycles. The minimum atomic E-state index is -0.269. The van der Waals surface area contributed by atoms with E-state index in [9.17, 15) is 9.59 Å². The molecule has 0 bridgehead atoms. The first-order valence-electron chi connectivity index (χ1n) is 9.06. The largest absolute Gasteiger partial charge is 0.336 e. The van der Waals surface area contributed by atoms with E-state index in [1.54, 1.807) is 42.5 Å². The summed E-state index contributed by atoms with van der Waals surface area (Å²) in [5.74, 6) is -0.236. The molecule has 3 aromatic rings. The zero-order chi connectivity index (χ0) is 20.3. The molecule has 3 amide bonds. The van der Waals surface area contributed by atoms with E-state index in [4.69, 9.17) is 0 Å². The van der Waals surface area contributed by atoms with Gasteiger partial charge < -0.3 is 16.0 Å². The molecule has 0 spiro atoms. The molecule has 0 atom stereocenters. The van der Waals surface area contributed by atoms with E-state index in [1.165, 1.54) is 0 Å². The molecule has 3 N–H and O–H groups in total. The van der Waals surface area contributed by atoms with Gasteiger partial charge in [0.05, 0.1) is 22.4 Å². The van der Waals surface area contributed by atoms with Crippen LogP contribution in [0.3, 0.4) is 0 Å². The second-order valence-corrected chi connectivity index (χ2v) is 6.88. The van der Waals surface area contributed by atoms with Crippen LogP contribution in [0.2, 0.25) is 0 Å². The molecular formula is C21H23N5O2. The summed E-state index contributed by atoms with van der Waals surface area (Å²) in [6.45, 7) is 7.58. The summed E-state index contributed by atoms with van der Waals surface area (Å²) in [6.07, 6.45) is 0. The molecular weight excluding hydrogens is 354 g/mol. The SMILES string of the molecule is Cc1nc2ccc(C(=O)Nc3ccc(NC(=O)NC(C)C)cc3)cc2nc1C. The zero-order valence-corrected chi connectivity index (χ0v) is 16.3. The van der Waals surface area contributed by atoms with Crippen LogP contribution in [0.15, 0.2) is 42.5 Å². The summed E-state index contributed by atoms with van der Waals surface area (Å²) < 4.78 is 0. The van der Waals surface area contributed by atoms with Gasteiger partial charge in [0.15, 0.2) is 0 Å². The van der Waals surface area contributed by atoms with Crippen LogP contribution in [0.5, 0.6) is 0 Å². The van der Waals surface area contributed by atoms with Gasteiger partial charge in [0, 0.05) is 23.0 Å². The molecule has 0 aliphatic rings. The third kappa shape index (κ3) is 4.62. The number of carbonyl (C=O) groups excluding carboxylic acids is 2.